The summed E-state index contributed by atoms with van der Waals surface area (Å²) in [5, 5.41) is 14.0. The van der Waals surface area contributed by atoms with Crippen molar-refractivity contribution >= 4 is 17.6 Å². The molecule has 1 amide bonds. The van der Waals surface area contributed by atoms with Crippen LogP contribution in [0.2, 0.25) is 0 Å². The molecule has 1 unspecified atom stereocenters. The molecular formula is C17H22N2O6. The first-order valence-corrected chi connectivity index (χ1v) is 8.35. The van der Waals surface area contributed by atoms with Gasteiger partial charge in [-0.2, -0.15) is 0 Å². The Morgan fingerprint density at radius 2 is 2.04 bits per heavy atom. The van der Waals surface area contributed by atoms with E-state index in [0.717, 1.165) is 31.7 Å². The predicted molar refractivity (Wildman–Crippen MR) is 89.5 cm³/mol. The lowest BCUT2D eigenvalue weighted by atomic mass is 10.2. The molecule has 1 saturated carbocycles. The number of nitro groups is 1. The molecule has 0 bridgehead atoms. The molecule has 0 spiro atoms. The van der Waals surface area contributed by atoms with E-state index in [-0.39, 0.29) is 35.6 Å². The Morgan fingerprint density at radius 1 is 1.36 bits per heavy atom. The van der Waals surface area contributed by atoms with E-state index in [1.54, 1.807) is 6.92 Å². The number of nitro benzene ring substituents is 1. The first-order valence-electron chi connectivity index (χ1n) is 8.35. The highest BCUT2D eigenvalue weighted by Gasteiger charge is 2.25. The lowest BCUT2D eigenvalue weighted by molar-refractivity contribution is -0.385. The number of rotatable bonds is 7. The van der Waals surface area contributed by atoms with E-state index in [4.69, 9.17) is 9.47 Å². The van der Waals surface area contributed by atoms with Crippen molar-refractivity contribution in [1.82, 2.24) is 5.32 Å². The Labute approximate surface area is 145 Å². The van der Waals surface area contributed by atoms with Crippen molar-refractivity contribution in [2.75, 3.05) is 6.61 Å². The maximum absolute atomic E-state index is 12.2. The second kappa shape index (κ2) is 8.46. The van der Waals surface area contributed by atoms with Gasteiger partial charge in [-0.15, -0.1) is 0 Å². The summed E-state index contributed by atoms with van der Waals surface area (Å²) in [6, 6.07) is 3.94. The van der Waals surface area contributed by atoms with Gasteiger partial charge in [0.2, 0.25) is 0 Å². The number of ether oxygens (including phenoxy) is 2. The lowest BCUT2D eigenvalue weighted by Crippen LogP contribution is -2.40. The summed E-state index contributed by atoms with van der Waals surface area (Å²) in [7, 11) is 0. The molecule has 8 heteroatoms. The minimum absolute atomic E-state index is 0.00401. The zero-order valence-electron chi connectivity index (χ0n) is 14.3. The highest BCUT2D eigenvalue weighted by molar-refractivity contribution is 5.93. The van der Waals surface area contributed by atoms with Crippen molar-refractivity contribution in [3.63, 3.8) is 0 Å². The zero-order chi connectivity index (χ0) is 18.4. The Balaban J connectivity index is 2.02. The average molecular weight is 350 g/mol. The Morgan fingerprint density at radius 3 is 2.64 bits per heavy atom. The zero-order valence-corrected chi connectivity index (χ0v) is 14.3. The van der Waals surface area contributed by atoms with Gasteiger partial charge in [0.05, 0.1) is 17.1 Å². The summed E-state index contributed by atoms with van der Waals surface area (Å²) < 4.78 is 10.3. The number of hydrogen-bond acceptors (Lipinski definition) is 6. The van der Waals surface area contributed by atoms with E-state index in [0.29, 0.717) is 0 Å². The molecule has 8 nitrogen and oxygen atoms in total. The number of nitrogens with zero attached hydrogens (tertiary/aromatic N) is 1. The van der Waals surface area contributed by atoms with Crippen LogP contribution in [-0.2, 0) is 9.53 Å². The fourth-order valence-electron chi connectivity index (χ4n) is 2.74. The van der Waals surface area contributed by atoms with Crippen LogP contribution < -0.4 is 10.1 Å². The van der Waals surface area contributed by atoms with Crippen molar-refractivity contribution in [3.05, 3.63) is 33.9 Å². The predicted octanol–water partition coefficient (Wildman–Crippen LogP) is 2.60. The van der Waals surface area contributed by atoms with Crippen LogP contribution in [0, 0.1) is 10.1 Å². The third kappa shape index (κ3) is 4.91. The van der Waals surface area contributed by atoms with Gasteiger partial charge in [-0.05, 0) is 38.8 Å². The third-order valence-electron chi connectivity index (χ3n) is 4.05. The molecular weight excluding hydrogens is 328 g/mol. The van der Waals surface area contributed by atoms with E-state index >= 15 is 0 Å². The normalized spacial score (nSPS) is 15.4. The lowest BCUT2D eigenvalue weighted by Gasteiger charge is -2.17. The number of carbonyl (C=O) groups excluding carboxylic acids is 2. The molecule has 0 aromatic heterocycles. The third-order valence-corrected chi connectivity index (χ3v) is 4.05. The summed E-state index contributed by atoms with van der Waals surface area (Å²) in [6.45, 7) is 3.45. The van der Waals surface area contributed by atoms with Gasteiger partial charge in [-0.3, -0.25) is 14.9 Å². The van der Waals surface area contributed by atoms with E-state index in [2.05, 4.69) is 5.32 Å². The molecule has 1 aromatic carbocycles. The van der Waals surface area contributed by atoms with Crippen molar-refractivity contribution in [1.29, 1.82) is 0 Å². The summed E-state index contributed by atoms with van der Waals surface area (Å²) >= 11 is 0. The van der Waals surface area contributed by atoms with Gasteiger partial charge < -0.3 is 14.8 Å². The second-order valence-corrected chi connectivity index (χ2v) is 5.91. The largest absolute Gasteiger partial charge is 0.487 e. The van der Waals surface area contributed by atoms with Crippen LogP contribution in [0.15, 0.2) is 18.2 Å². The minimum atomic E-state index is -0.973. The number of amides is 1. The molecule has 1 aliphatic carbocycles. The highest BCUT2D eigenvalue weighted by Crippen LogP contribution is 2.28. The molecule has 0 saturated heterocycles. The fourth-order valence-corrected chi connectivity index (χ4v) is 2.74. The number of benzene rings is 1. The van der Waals surface area contributed by atoms with Crippen LogP contribution in [-0.4, -0.2) is 35.6 Å². The summed E-state index contributed by atoms with van der Waals surface area (Å²) in [4.78, 5) is 34.7. The van der Waals surface area contributed by atoms with E-state index in [9.17, 15) is 19.7 Å². The molecule has 2 rings (SSSR count). The van der Waals surface area contributed by atoms with Gasteiger partial charge in [0.25, 0.3) is 5.91 Å². The van der Waals surface area contributed by atoms with Gasteiger partial charge in [0.1, 0.15) is 0 Å². The number of nitrogens with one attached hydrogen (secondary N) is 1. The van der Waals surface area contributed by atoms with Gasteiger partial charge >= 0.3 is 11.7 Å². The molecule has 1 aromatic rings. The van der Waals surface area contributed by atoms with Crippen LogP contribution in [0.4, 0.5) is 5.69 Å². The van der Waals surface area contributed by atoms with Gasteiger partial charge in [0, 0.05) is 12.1 Å². The maximum atomic E-state index is 12.2. The molecule has 1 N–H and O–H groups in total. The van der Waals surface area contributed by atoms with Crippen LogP contribution >= 0.6 is 0 Å². The molecule has 1 aliphatic rings. The summed E-state index contributed by atoms with van der Waals surface area (Å²) in [6.07, 6.45) is 3.04. The van der Waals surface area contributed by atoms with Crippen LogP contribution in [0.1, 0.15) is 49.9 Å². The summed E-state index contributed by atoms with van der Waals surface area (Å²) in [5.41, 5.74) is -0.324. The number of esters is 1. The van der Waals surface area contributed by atoms with Crippen molar-refractivity contribution in [3.8, 4) is 5.75 Å². The van der Waals surface area contributed by atoms with Gasteiger partial charge in [-0.25, -0.2) is 4.79 Å². The number of carbonyl (C=O) groups is 2. The van der Waals surface area contributed by atoms with Crippen LogP contribution in [0.5, 0.6) is 5.75 Å². The SMILES string of the molecule is CCOc1ccc(C(=O)OC(C)C(=O)NC2CCCC2)cc1[N+](=O)[O-]. The molecule has 1 fully saturated rings. The maximum Gasteiger partial charge on any atom is 0.339 e. The first kappa shape index (κ1) is 18.7. The monoisotopic (exact) mass is 350 g/mol. The van der Waals surface area contributed by atoms with E-state index < -0.39 is 17.0 Å². The first-order chi connectivity index (χ1) is 11.9. The molecule has 25 heavy (non-hydrogen) atoms. The molecule has 0 aliphatic heterocycles. The summed E-state index contributed by atoms with van der Waals surface area (Å²) in [5.74, 6) is -1.07. The van der Waals surface area contributed by atoms with Gasteiger partial charge in [-0.1, -0.05) is 12.8 Å². The van der Waals surface area contributed by atoms with E-state index in [1.807, 2.05) is 0 Å². The Bertz CT molecular complexity index is 655. The fraction of sp³-hybridized carbons (Fsp3) is 0.529. The topological polar surface area (TPSA) is 108 Å². The van der Waals surface area contributed by atoms with Crippen molar-refractivity contribution < 1.29 is 24.0 Å². The van der Waals surface area contributed by atoms with Gasteiger partial charge in [0.15, 0.2) is 11.9 Å². The molecule has 136 valence electrons. The molecule has 0 radical (unpaired) electrons. The molecule has 1 atom stereocenters. The standard InChI is InChI=1S/C17H22N2O6/c1-3-24-15-9-8-12(10-14(15)19(22)23)17(21)25-11(2)16(20)18-13-6-4-5-7-13/h8-11,13H,3-7H2,1-2H3,(H,18,20). The smallest absolute Gasteiger partial charge is 0.339 e. The van der Waals surface area contributed by atoms with Crippen molar-refractivity contribution in [2.24, 2.45) is 0 Å². The van der Waals surface area contributed by atoms with Crippen LogP contribution in [0.25, 0.3) is 0 Å². The Hall–Kier alpha value is -2.64. The Kier molecular flexibility index (Phi) is 6.32. The molecule has 0 heterocycles. The van der Waals surface area contributed by atoms with E-state index in [1.165, 1.54) is 19.1 Å². The number of hydrogen-bond donors (Lipinski definition) is 1. The van der Waals surface area contributed by atoms with Crippen LogP contribution in [0.3, 0.4) is 0 Å². The van der Waals surface area contributed by atoms with Crippen molar-refractivity contribution in [2.45, 2.75) is 51.7 Å². The second-order valence-electron chi connectivity index (χ2n) is 5.91. The highest BCUT2D eigenvalue weighted by atomic mass is 16.6. The minimum Gasteiger partial charge on any atom is -0.487 e. The average Bonchev–Trinajstić information content (AvgIpc) is 3.08. The quantitative estimate of drug-likeness (QED) is 0.460.